The molecule has 0 spiro atoms. The van der Waals surface area contributed by atoms with E-state index in [0.29, 0.717) is 22.5 Å². The molecular formula is C23H26Cl2N4O2. The molecule has 2 amide bonds. The summed E-state index contributed by atoms with van der Waals surface area (Å²) in [5, 5.41) is 2.17. The minimum atomic E-state index is -0.494. The number of halogens is 2. The Hall–Kier alpha value is -2.41. The fourth-order valence-corrected chi connectivity index (χ4v) is 4.40. The summed E-state index contributed by atoms with van der Waals surface area (Å²) in [5.41, 5.74) is 7.35. The summed E-state index contributed by atoms with van der Waals surface area (Å²) in [6.45, 7) is 5.26. The van der Waals surface area contributed by atoms with E-state index in [-0.39, 0.29) is 0 Å². The first kappa shape index (κ1) is 21.8. The predicted molar refractivity (Wildman–Crippen MR) is 127 cm³/mol. The zero-order valence-corrected chi connectivity index (χ0v) is 18.8. The molecule has 1 saturated heterocycles. The smallest absolute Gasteiger partial charge is 0.321 e. The Bertz CT molecular complexity index is 1010. The number of urea groups is 1. The lowest BCUT2D eigenvalue weighted by atomic mass is 10.2. The van der Waals surface area contributed by atoms with Gasteiger partial charge >= 0.3 is 6.03 Å². The molecule has 1 fully saturated rings. The van der Waals surface area contributed by atoms with Crippen LogP contribution in [0.3, 0.4) is 0 Å². The van der Waals surface area contributed by atoms with Gasteiger partial charge in [0, 0.05) is 44.2 Å². The average Bonchev–Trinajstić information content (AvgIpc) is 3.19. The maximum atomic E-state index is 11.9. The average molecular weight is 461 g/mol. The molecule has 4 rings (SSSR count). The van der Waals surface area contributed by atoms with E-state index in [9.17, 15) is 4.79 Å². The van der Waals surface area contributed by atoms with E-state index in [4.69, 9.17) is 33.4 Å². The molecule has 6 nitrogen and oxygen atoms in total. The molecular weight excluding hydrogens is 435 g/mol. The Morgan fingerprint density at radius 3 is 2.55 bits per heavy atom. The normalized spacial score (nSPS) is 14.8. The molecule has 164 valence electrons. The number of furan rings is 1. The van der Waals surface area contributed by atoms with Crippen LogP contribution in [0.1, 0.15) is 12.8 Å². The molecule has 0 aliphatic carbocycles. The molecule has 31 heavy (non-hydrogen) atoms. The van der Waals surface area contributed by atoms with E-state index in [1.54, 1.807) is 0 Å². The Kier molecular flexibility index (Phi) is 6.90. The lowest BCUT2D eigenvalue weighted by molar-refractivity contribution is 0.248. The fourth-order valence-electron chi connectivity index (χ4n) is 3.98. The first-order valence-corrected chi connectivity index (χ1v) is 11.3. The van der Waals surface area contributed by atoms with Crippen LogP contribution < -0.4 is 15.5 Å². The number of benzene rings is 2. The van der Waals surface area contributed by atoms with Crippen molar-refractivity contribution >= 4 is 51.8 Å². The van der Waals surface area contributed by atoms with Gasteiger partial charge in [0.25, 0.3) is 0 Å². The minimum Gasteiger partial charge on any atom is -0.440 e. The molecule has 0 saturated carbocycles. The van der Waals surface area contributed by atoms with Gasteiger partial charge in [0.05, 0.1) is 15.7 Å². The van der Waals surface area contributed by atoms with Gasteiger partial charge < -0.3 is 15.1 Å². The highest BCUT2D eigenvalue weighted by Crippen LogP contribution is 2.33. The highest BCUT2D eigenvalue weighted by Gasteiger charge is 2.20. The number of piperazine rings is 1. The van der Waals surface area contributed by atoms with Gasteiger partial charge in [-0.1, -0.05) is 47.5 Å². The van der Waals surface area contributed by atoms with Crippen LogP contribution in [-0.2, 0) is 0 Å². The van der Waals surface area contributed by atoms with Crippen LogP contribution in [0.5, 0.6) is 0 Å². The Labute approximate surface area is 192 Å². The van der Waals surface area contributed by atoms with Gasteiger partial charge in [-0.05, 0) is 37.6 Å². The third-order valence-electron chi connectivity index (χ3n) is 5.69. The number of anilines is 2. The van der Waals surface area contributed by atoms with Crippen LogP contribution in [0.15, 0.2) is 52.9 Å². The van der Waals surface area contributed by atoms with Crippen molar-refractivity contribution < 1.29 is 9.21 Å². The van der Waals surface area contributed by atoms with Crippen molar-refractivity contribution in [3.05, 3.63) is 58.6 Å². The van der Waals surface area contributed by atoms with Gasteiger partial charge in [0.2, 0.25) is 5.88 Å². The summed E-state index contributed by atoms with van der Waals surface area (Å²) in [4.78, 5) is 18.2. The SMILES string of the molecule is NC(=O)N(CCCCN1CCN(c2cccc(Cl)c2Cl)CC1)c1cc2ccccc2o1. The Balaban J connectivity index is 1.25. The highest BCUT2D eigenvalue weighted by molar-refractivity contribution is 6.43. The molecule has 2 aromatic carbocycles. The Morgan fingerprint density at radius 2 is 1.81 bits per heavy atom. The topological polar surface area (TPSA) is 66.0 Å². The number of hydrogen-bond acceptors (Lipinski definition) is 4. The van der Waals surface area contributed by atoms with E-state index < -0.39 is 6.03 Å². The fraction of sp³-hybridized carbons (Fsp3) is 0.348. The second kappa shape index (κ2) is 9.81. The molecule has 2 N–H and O–H groups in total. The van der Waals surface area contributed by atoms with Crippen LogP contribution in [0.2, 0.25) is 10.0 Å². The molecule has 0 bridgehead atoms. The summed E-state index contributed by atoms with van der Waals surface area (Å²) in [6.07, 6.45) is 1.82. The van der Waals surface area contributed by atoms with E-state index >= 15 is 0 Å². The van der Waals surface area contributed by atoms with Crippen LogP contribution in [0.25, 0.3) is 11.0 Å². The number of nitrogens with zero attached hydrogens (tertiary/aromatic N) is 3. The number of para-hydroxylation sites is 1. The van der Waals surface area contributed by atoms with Crippen molar-refractivity contribution in [2.75, 3.05) is 49.1 Å². The number of nitrogens with two attached hydrogens (primary N) is 1. The van der Waals surface area contributed by atoms with E-state index in [0.717, 1.165) is 62.2 Å². The van der Waals surface area contributed by atoms with E-state index in [1.807, 2.05) is 48.5 Å². The molecule has 3 aromatic rings. The second-order valence-corrected chi connectivity index (χ2v) is 8.51. The van der Waals surface area contributed by atoms with Crippen LogP contribution >= 0.6 is 23.2 Å². The zero-order valence-electron chi connectivity index (χ0n) is 17.3. The third kappa shape index (κ3) is 5.09. The van der Waals surface area contributed by atoms with E-state index in [2.05, 4.69) is 9.80 Å². The maximum absolute atomic E-state index is 11.9. The molecule has 1 aliphatic rings. The number of primary amides is 1. The largest absolute Gasteiger partial charge is 0.440 e. The Morgan fingerprint density at radius 1 is 1.03 bits per heavy atom. The van der Waals surface area contributed by atoms with Gasteiger partial charge in [0.15, 0.2) is 0 Å². The van der Waals surface area contributed by atoms with Crippen molar-refractivity contribution in [3.63, 3.8) is 0 Å². The van der Waals surface area contributed by atoms with Crippen molar-refractivity contribution in [1.29, 1.82) is 0 Å². The zero-order chi connectivity index (χ0) is 21.8. The summed E-state index contributed by atoms with van der Waals surface area (Å²) in [6, 6.07) is 14.8. The van der Waals surface area contributed by atoms with E-state index in [1.165, 1.54) is 4.90 Å². The molecule has 2 heterocycles. The number of unbranched alkanes of at least 4 members (excludes halogenated alkanes) is 1. The first-order valence-electron chi connectivity index (χ1n) is 10.5. The molecule has 0 unspecified atom stereocenters. The predicted octanol–water partition coefficient (Wildman–Crippen LogP) is 5.23. The third-order valence-corrected chi connectivity index (χ3v) is 6.50. The monoisotopic (exact) mass is 460 g/mol. The van der Waals surface area contributed by atoms with Crippen LogP contribution in [0, 0.1) is 0 Å². The van der Waals surface area contributed by atoms with Gasteiger partial charge in [-0.3, -0.25) is 9.80 Å². The van der Waals surface area contributed by atoms with Crippen molar-refractivity contribution in [2.24, 2.45) is 5.73 Å². The number of carbonyl (C=O) groups excluding carboxylic acids is 1. The maximum Gasteiger partial charge on any atom is 0.321 e. The molecule has 0 atom stereocenters. The second-order valence-electron chi connectivity index (χ2n) is 7.72. The lowest BCUT2D eigenvalue weighted by Crippen LogP contribution is -2.46. The molecule has 0 radical (unpaired) electrons. The van der Waals surface area contributed by atoms with Gasteiger partial charge in [0.1, 0.15) is 5.58 Å². The summed E-state index contributed by atoms with van der Waals surface area (Å²) < 4.78 is 5.80. The van der Waals surface area contributed by atoms with Gasteiger partial charge in [-0.25, -0.2) is 4.79 Å². The van der Waals surface area contributed by atoms with Crippen molar-refractivity contribution in [2.45, 2.75) is 12.8 Å². The van der Waals surface area contributed by atoms with Crippen LogP contribution in [0.4, 0.5) is 16.4 Å². The number of carbonyl (C=O) groups is 1. The summed E-state index contributed by atoms with van der Waals surface area (Å²) >= 11 is 12.5. The lowest BCUT2D eigenvalue weighted by Gasteiger charge is -2.36. The standard InChI is InChI=1S/C23H26Cl2N4O2/c24-18-7-5-8-19(22(18)25)28-14-12-27(13-15-28)10-3-4-11-29(23(26)30)21-16-17-6-1-2-9-20(17)31-21/h1-2,5-9,16H,3-4,10-15H2,(H2,26,30). The number of hydrogen-bond donors (Lipinski definition) is 1. The molecule has 1 aromatic heterocycles. The number of rotatable bonds is 7. The van der Waals surface area contributed by atoms with Crippen LogP contribution in [-0.4, -0.2) is 50.2 Å². The minimum absolute atomic E-state index is 0.494. The summed E-state index contributed by atoms with van der Waals surface area (Å²) in [7, 11) is 0. The first-order chi connectivity index (χ1) is 15.0. The number of amides is 2. The van der Waals surface area contributed by atoms with Gasteiger partial charge in [-0.15, -0.1) is 0 Å². The molecule has 1 aliphatic heterocycles. The molecule has 8 heteroatoms. The number of fused-ring (bicyclic) bond motifs is 1. The quantitative estimate of drug-likeness (QED) is 0.490. The summed E-state index contributed by atoms with van der Waals surface area (Å²) in [5.74, 6) is 0.501. The highest BCUT2D eigenvalue weighted by atomic mass is 35.5. The van der Waals surface area contributed by atoms with Crippen molar-refractivity contribution in [1.82, 2.24) is 4.90 Å². The van der Waals surface area contributed by atoms with Crippen molar-refractivity contribution in [3.8, 4) is 0 Å². The van der Waals surface area contributed by atoms with Gasteiger partial charge in [-0.2, -0.15) is 0 Å².